The van der Waals surface area contributed by atoms with Gasteiger partial charge in [-0.05, 0) is 0 Å². The van der Waals surface area contributed by atoms with Crippen molar-refractivity contribution in [3.05, 3.63) is 0 Å². The Morgan fingerprint density at radius 1 is 1.20 bits per heavy atom. The van der Waals surface area contributed by atoms with Crippen LogP contribution in [0.25, 0.3) is 0 Å². The van der Waals surface area contributed by atoms with Gasteiger partial charge >= 0.3 is 0 Å². The maximum absolute atomic E-state index is 8.51. The van der Waals surface area contributed by atoms with Gasteiger partial charge in [0.1, 0.15) is 0 Å². The standard InChI is InChI=1S/C5H15N3O2/c1-7(6)8(2-4-9)3-5-10/h9-10H,2-6H2,1H3. The largest absolute Gasteiger partial charge is 0.395 e. The normalized spacial score (nSPS) is 11.4. The van der Waals surface area contributed by atoms with Crippen molar-refractivity contribution in [2.24, 2.45) is 5.84 Å². The Kier molecular flexibility index (Phi) is 5.46. The van der Waals surface area contributed by atoms with Crippen LogP contribution in [0.5, 0.6) is 0 Å². The molecule has 0 atom stereocenters. The molecule has 0 aliphatic rings. The van der Waals surface area contributed by atoms with Crippen LogP contribution in [-0.4, -0.2) is 53.7 Å². The molecule has 0 aliphatic heterocycles. The second kappa shape index (κ2) is 5.57. The van der Waals surface area contributed by atoms with Crippen LogP contribution in [0.3, 0.4) is 0 Å². The number of hydrazine groups is 2. The van der Waals surface area contributed by atoms with Gasteiger partial charge < -0.3 is 10.2 Å². The molecular formula is C5H15N3O2. The Morgan fingerprint density at radius 3 is 1.80 bits per heavy atom. The van der Waals surface area contributed by atoms with Gasteiger partial charge in [-0.1, -0.05) is 0 Å². The van der Waals surface area contributed by atoms with Crippen LogP contribution in [0.2, 0.25) is 0 Å². The highest BCUT2D eigenvalue weighted by molar-refractivity contribution is 4.46. The first kappa shape index (κ1) is 9.80. The molecule has 0 aromatic rings. The van der Waals surface area contributed by atoms with E-state index in [2.05, 4.69) is 0 Å². The van der Waals surface area contributed by atoms with E-state index in [-0.39, 0.29) is 13.2 Å². The quantitative estimate of drug-likeness (QED) is 0.311. The molecule has 0 fully saturated rings. The Bertz CT molecular complexity index is 73.3. The lowest BCUT2D eigenvalue weighted by Crippen LogP contribution is -2.47. The molecule has 62 valence electrons. The van der Waals surface area contributed by atoms with Gasteiger partial charge in [0.25, 0.3) is 0 Å². The third kappa shape index (κ3) is 3.76. The summed E-state index contributed by atoms with van der Waals surface area (Å²) in [6.07, 6.45) is 0. The van der Waals surface area contributed by atoms with Crippen molar-refractivity contribution in [3.8, 4) is 0 Å². The molecule has 0 radical (unpaired) electrons. The number of aliphatic hydroxyl groups excluding tert-OH is 2. The number of nitrogens with zero attached hydrogens (tertiary/aromatic N) is 2. The highest BCUT2D eigenvalue weighted by Gasteiger charge is 2.04. The van der Waals surface area contributed by atoms with E-state index >= 15 is 0 Å². The molecule has 5 nitrogen and oxygen atoms in total. The number of rotatable bonds is 5. The molecule has 10 heavy (non-hydrogen) atoms. The minimum atomic E-state index is 0.0432. The Labute approximate surface area is 60.6 Å². The molecular weight excluding hydrogens is 134 g/mol. The summed E-state index contributed by atoms with van der Waals surface area (Å²) in [5.74, 6) is 5.35. The van der Waals surface area contributed by atoms with E-state index in [1.165, 1.54) is 5.12 Å². The summed E-state index contributed by atoms with van der Waals surface area (Å²) in [6, 6.07) is 0. The summed E-state index contributed by atoms with van der Waals surface area (Å²) in [4.78, 5) is 0. The fraction of sp³-hybridized carbons (Fsp3) is 1.00. The minimum absolute atomic E-state index is 0.0432. The highest BCUT2D eigenvalue weighted by atomic mass is 16.3. The zero-order chi connectivity index (χ0) is 7.98. The zero-order valence-corrected chi connectivity index (χ0v) is 6.19. The predicted molar refractivity (Wildman–Crippen MR) is 37.7 cm³/mol. The summed E-state index contributed by atoms with van der Waals surface area (Å²) in [5, 5.41) is 20.0. The van der Waals surface area contributed by atoms with Crippen LogP contribution in [0, 0.1) is 0 Å². The number of hydrogen-bond donors (Lipinski definition) is 3. The lowest BCUT2D eigenvalue weighted by molar-refractivity contribution is -0.0247. The van der Waals surface area contributed by atoms with Gasteiger partial charge in [0.2, 0.25) is 0 Å². The molecule has 0 spiro atoms. The first-order chi connectivity index (χ1) is 4.72. The maximum atomic E-state index is 8.51. The fourth-order valence-electron chi connectivity index (χ4n) is 0.658. The summed E-state index contributed by atoms with van der Waals surface area (Å²) >= 11 is 0. The van der Waals surface area contributed by atoms with Gasteiger partial charge in [0.15, 0.2) is 0 Å². The lowest BCUT2D eigenvalue weighted by Gasteiger charge is -2.26. The van der Waals surface area contributed by atoms with Crippen LogP contribution in [-0.2, 0) is 0 Å². The van der Waals surface area contributed by atoms with Crippen LogP contribution >= 0.6 is 0 Å². The molecule has 0 aromatic heterocycles. The SMILES string of the molecule is CN(N)N(CCO)CCO. The van der Waals surface area contributed by atoms with E-state index in [0.717, 1.165) is 0 Å². The third-order valence-electron chi connectivity index (χ3n) is 1.16. The molecule has 0 aromatic carbocycles. The van der Waals surface area contributed by atoms with Crippen molar-refractivity contribution in [3.63, 3.8) is 0 Å². The summed E-state index contributed by atoms with van der Waals surface area (Å²) in [7, 11) is 1.66. The Hall–Kier alpha value is -0.200. The van der Waals surface area contributed by atoms with Gasteiger partial charge in [-0.2, -0.15) is 5.12 Å². The van der Waals surface area contributed by atoms with Crippen molar-refractivity contribution >= 4 is 0 Å². The average molecular weight is 149 g/mol. The average Bonchev–Trinajstić information content (AvgIpc) is 1.87. The van der Waals surface area contributed by atoms with E-state index < -0.39 is 0 Å². The molecule has 5 heteroatoms. The minimum Gasteiger partial charge on any atom is -0.395 e. The lowest BCUT2D eigenvalue weighted by atomic mass is 10.6. The van der Waals surface area contributed by atoms with Gasteiger partial charge in [0, 0.05) is 20.1 Å². The summed E-state index contributed by atoms with van der Waals surface area (Å²) < 4.78 is 0. The second-order valence-electron chi connectivity index (χ2n) is 1.97. The van der Waals surface area contributed by atoms with Gasteiger partial charge in [-0.25, -0.2) is 5.01 Å². The van der Waals surface area contributed by atoms with E-state index in [4.69, 9.17) is 16.1 Å². The van der Waals surface area contributed by atoms with Gasteiger partial charge in [-0.3, -0.25) is 5.84 Å². The molecule has 0 amide bonds. The molecule has 0 heterocycles. The Balaban J connectivity index is 3.50. The summed E-state index contributed by atoms with van der Waals surface area (Å²) in [5.41, 5.74) is 0. The predicted octanol–water partition coefficient (Wildman–Crippen LogP) is -2.01. The van der Waals surface area contributed by atoms with Crippen molar-refractivity contribution in [2.45, 2.75) is 0 Å². The molecule has 0 bridgehead atoms. The highest BCUT2D eigenvalue weighted by Crippen LogP contribution is 1.85. The van der Waals surface area contributed by atoms with Crippen molar-refractivity contribution in [1.29, 1.82) is 0 Å². The second-order valence-corrected chi connectivity index (χ2v) is 1.97. The molecule has 0 aliphatic carbocycles. The van der Waals surface area contributed by atoms with Gasteiger partial charge in [-0.15, -0.1) is 0 Å². The Morgan fingerprint density at radius 2 is 1.60 bits per heavy atom. The number of nitrogens with two attached hydrogens (primary N) is 1. The maximum Gasteiger partial charge on any atom is 0.0573 e. The van der Waals surface area contributed by atoms with Gasteiger partial charge in [0.05, 0.1) is 13.2 Å². The molecule has 0 rings (SSSR count). The topological polar surface area (TPSA) is 73.0 Å². The molecule has 0 unspecified atom stereocenters. The first-order valence-corrected chi connectivity index (χ1v) is 3.17. The van der Waals surface area contributed by atoms with Crippen LogP contribution in [0.15, 0.2) is 0 Å². The van der Waals surface area contributed by atoms with E-state index in [1.54, 1.807) is 12.1 Å². The fourth-order valence-corrected chi connectivity index (χ4v) is 0.658. The van der Waals surface area contributed by atoms with Crippen molar-refractivity contribution in [1.82, 2.24) is 10.1 Å². The van der Waals surface area contributed by atoms with E-state index in [1.807, 2.05) is 0 Å². The summed E-state index contributed by atoms with van der Waals surface area (Å²) in [6.45, 7) is 0.990. The van der Waals surface area contributed by atoms with Crippen LogP contribution in [0.1, 0.15) is 0 Å². The molecule has 4 N–H and O–H groups in total. The van der Waals surface area contributed by atoms with E-state index in [0.29, 0.717) is 13.1 Å². The van der Waals surface area contributed by atoms with E-state index in [9.17, 15) is 0 Å². The molecule has 0 saturated heterocycles. The van der Waals surface area contributed by atoms with Crippen molar-refractivity contribution < 1.29 is 10.2 Å². The number of aliphatic hydroxyl groups is 2. The number of hydrogen-bond acceptors (Lipinski definition) is 5. The third-order valence-corrected chi connectivity index (χ3v) is 1.16. The van der Waals surface area contributed by atoms with Crippen LogP contribution in [0.4, 0.5) is 0 Å². The van der Waals surface area contributed by atoms with Crippen molar-refractivity contribution in [2.75, 3.05) is 33.4 Å². The zero-order valence-electron chi connectivity index (χ0n) is 6.19. The molecule has 0 saturated carbocycles. The monoisotopic (exact) mass is 149 g/mol. The van der Waals surface area contributed by atoms with Crippen LogP contribution < -0.4 is 5.84 Å². The first-order valence-electron chi connectivity index (χ1n) is 3.17. The smallest absolute Gasteiger partial charge is 0.0573 e.